The van der Waals surface area contributed by atoms with Gasteiger partial charge in [-0.15, -0.1) is 0 Å². The number of carbonyl (C=O) groups is 2. The number of carbonyl (C=O) groups excluding carboxylic acids is 2. The predicted octanol–water partition coefficient (Wildman–Crippen LogP) is 1.32. The molecule has 0 heterocycles. The molecule has 1 N–H and O–H groups in total. The summed E-state index contributed by atoms with van der Waals surface area (Å²) in [4.78, 5) is 23.4. The maximum Gasteiger partial charge on any atom is 0.255 e. The largest absolute Gasteiger partial charge is 0.545 e. The Morgan fingerprint density at radius 2 is 1.59 bits per heavy atom. The van der Waals surface area contributed by atoms with E-state index in [4.69, 9.17) is 9.47 Å². The molecular formula is C16H14NO5-. The maximum absolute atomic E-state index is 12.1. The molecule has 0 aromatic heterocycles. The van der Waals surface area contributed by atoms with Crippen molar-refractivity contribution >= 4 is 17.6 Å². The van der Waals surface area contributed by atoms with Crippen molar-refractivity contribution < 1.29 is 24.2 Å². The van der Waals surface area contributed by atoms with E-state index in [-0.39, 0.29) is 17.0 Å². The molecule has 114 valence electrons. The number of methoxy groups -OCH3 is 2. The number of nitrogens with one attached hydrogen (secondary N) is 1. The first-order valence-corrected chi connectivity index (χ1v) is 6.40. The fourth-order valence-electron chi connectivity index (χ4n) is 1.94. The number of amides is 1. The number of rotatable bonds is 5. The van der Waals surface area contributed by atoms with Crippen molar-refractivity contribution in [1.82, 2.24) is 0 Å². The molecule has 0 aliphatic heterocycles. The summed E-state index contributed by atoms with van der Waals surface area (Å²) in [6.45, 7) is 0. The minimum atomic E-state index is -1.43. The topological polar surface area (TPSA) is 87.7 Å². The molecule has 0 saturated heterocycles. The Kier molecular flexibility index (Phi) is 4.63. The van der Waals surface area contributed by atoms with Crippen LogP contribution in [0.1, 0.15) is 20.7 Å². The van der Waals surface area contributed by atoms with Crippen molar-refractivity contribution in [1.29, 1.82) is 0 Å². The average Bonchev–Trinajstić information content (AvgIpc) is 2.54. The Morgan fingerprint density at radius 1 is 1.00 bits per heavy atom. The van der Waals surface area contributed by atoms with E-state index in [0.29, 0.717) is 11.3 Å². The SMILES string of the molecule is COc1cc(NC(=O)c2ccccc2)c(C(=O)[O-])cc1OC. The third kappa shape index (κ3) is 3.17. The van der Waals surface area contributed by atoms with Crippen LogP contribution in [-0.4, -0.2) is 26.1 Å². The van der Waals surface area contributed by atoms with E-state index < -0.39 is 11.9 Å². The van der Waals surface area contributed by atoms with Gasteiger partial charge in [0.15, 0.2) is 11.5 Å². The number of ether oxygens (including phenoxy) is 2. The molecule has 0 saturated carbocycles. The number of hydrogen-bond acceptors (Lipinski definition) is 5. The summed E-state index contributed by atoms with van der Waals surface area (Å²) in [5.41, 5.74) is 0.287. The number of carboxylic acids is 1. The summed E-state index contributed by atoms with van der Waals surface area (Å²) in [7, 11) is 2.80. The van der Waals surface area contributed by atoms with Gasteiger partial charge in [-0.3, -0.25) is 4.79 Å². The third-order valence-electron chi connectivity index (χ3n) is 3.03. The van der Waals surface area contributed by atoms with E-state index in [2.05, 4.69) is 5.32 Å². The van der Waals surface area contributed by atoms with Gasteiger partial charge in [0.05, 0.1) is 25.9 Å². The van der Waals surface area contributed by atoms with Crippen LogP contribution >= 0.6 is 0 Å². The van der Waals surface area contributed by atoms with Crippen LogP contribution in [0.3, 0.4) is 0 Å². The van der Waals surface area contributed by atoms with Crippen LogP contribution in [-0.2, 0) is 0 Å². The zero-order valence-electron chi connectivity index (χ0n) is 12.1. The molecule has 0 atom stereocenters. The minimum Gasteiger partial charge on any atom is -0.545 e. The van der Waals surface area contributed by atoms with Crippen LogP contribution in [0.4, 0.5) is 5.69 Å². The summed E-state index contributed by atoms with van der Waals surface area (Å²) in [6.07, 6.45) is 0. The first-order valence-electron chi connectivity index (χ1n) is 6.40. The summed E-state index contributed by atoms with van der Waals surface area (Å²) in [5, 5.41) is 13.8. The van der Waals surface area contributed by atoms with E-state index in [1.165, 1.54) is 26.4 Å². The first kappa shape index (κ1) is 15.4. The second-order valence-corrected chi connectivity index (χ2v) is 4.36. The van der Waals surface area contributed by atoms with Crippen molar-refractivity contribution in [3.63, 3.8) is 0 Å². The van der Waals surface area contributed by atoms with Gasteiger partial charge in [0.2, 0.25) is 0 Å². The highest BCUT2D eigenvalue weighted by Gasteiger charge is 2.14. The lowest BCUT2D eigenvalue weighted by Gasteiger charge is -2.16. The number of carboxylic acid groups (broad SMARTS) is 1. The van der Waals surface area contributed by atoms with E-state index in [0.717, 1.165) is 0 Å². The number of anilines is 1. The standard InChI is InChI=1S/C16H15NO5/c1-21-13-8-11(16(19)20)12(9-14(13)22-2)17-15(18)10-6-4-3-5-7-10/h3-9H,1-2H3,(H,17,18)(H,19,20)/p-1. The smallest absolute Gasteiger partial charge is 0.255 e. The fourth-order valence-corrected chi connectivity index (χ4v) is 1.94. The van der Waals surface area contributed by atoms with Crippen molar-refractivity contribution in [2.45, 2.75) is 0 Å². The van der Waals surface area contributed by atoms with E-state index in [1.807, 2.05) is 0 Å². The zero-order chi connectivity index (χ0) is 16.1. The Bertz CT molecular complexity index is 697. The maximum atomic E-state index is 12.1. The minimum absolute atomic E-state index is 0.0755. The van der Waals surface area contributed by atoms with Gasteiger partial charge in [0.25, 0.3) is 5.91 Å². The van der Waals surface area contributed by atoms with Crippen LogP contribution in [0.15, 0.2) is 42.5 Å². The normalized spacial score (nSPS) is 9.91. The molecule has 0 radical (unpaired) electrons. The molecule has 0 aliphatic carbocycles. The lowest BCUT2D eigenvalue weighted by atomic mass is 10.1. The second kappa shape index (κ2) is 6.62. The first-order chi connectivity index (χ1) is 10.6. The molecule has 0 unspecified atom stereocenters. The molecule has 0 bridgehead atoms. The quantitative estimate of drug-likeness (QED) is 0.899. The van der Waals surface area contributed by atoms with Gasteiger partial charge in [-0.05, 0) is 18.2 Å². The molecule has 0 spiro atoms. The van der Waals surface area contributed by atoms with Crippen molar-refractivity contribution in [3.8, 4) is 11.5 Å². The van der Waals surface area contributed by atoms with Crippen LogP contribution in [0.5, 0.6) is 11.5 Å². The Hall–Kier alpha value is -3.02. The van der Waals surface area contributed by atoms with Gasteiger partial charge in [-0.25, -0.2) is 0 Å². The van der Waals surface area contributed by atoms with Gasteiger partial charge in [0, 0.05) is 17.2 Å². The Labute approximate surface area is 127 Å². The zero-order valence-corrected chi connectivity index (χ0v) is 12.1. The van der Waals surface area contributed by atoms with E-state index in [1.54, 1.807) is 30.3 Å². The van der Waals surface area contributed by atoms with Gasteiger partial charge in [-0.2, -0.15) is 0 Å². The summed E-state index contributed by atoms with van der Waals surface area (Å²) in [6, 6.07) is 11.1. The fraction of sp³-hybridized carbons (Fsp3) is 0.125. The summed E-state index contributed by atoms with van der Waals surface area (Å²) >= 11 is 0. The highest BCUT2D eigenvalue weighted by Crippen LogP contribution is 2.33. The second-order valence-electron chi connectivity index (χ2n) is 4.36. The van der Waals surface area contributed by atoms with Crippen LogP contribution in [0.25, 0.3) is 0 Å². The highest BCUT2D eigenvalue weighted by atomic mass is 16.5. The molecule has 1 amide bonds. The van der Waals surface area contributed by atoms with Gasteiger partial charge in [-0.1, -0.05) is 18.2 Å². The third-order valence-corrected chi connectivity index (χ3v) is 3.03. The number of aromatic carboxylic acids is 1. The Morgan fingerprint density at radius 3 is 2.14 bits per heavy atom. The van der Waals surface area contributed by atoms with Crippen molar-refractivity contribution in [2.75, 3.05) is 19.5 Å². The molecule has 2 aromatic rings. The van der Waals surface area contributed by atoms with E-state index in [9.17, 15) is 14.7 Å². The predicted molar refractivity (Wildman–Crippen MR) is 78.3 cm³/mol. The highest BCUT2D eigenvalue weighted by molar-refractivity contribution is 6.07. The molecule has 6 heteroatoms. The van der Waals surface area contributed by atoms with Gasteiger partial charge >= 0.3 is 0 Å². The molecule has 0 fully saturated rings. The van der Waals surface area contributed by atoms with Crippen LogP contribution < -0.4 is 19.9 Å². The molecule has 2 aromatic carbocycles. The van der Waals surface area contributed by atoms with Crippen LogP contribution in [0.2, 0.25) is 0 Å². The molecule has 0 aliphatic rings. The average molecular weight is 300 g/mol. The molecular weight excluding hydrogens is 286 g/mol. The molecule has 2 rings (SSSR count). The summed E-state index contributed by atoms with van der Waals surface area (Å²) in [5.74, 6) is -1.32. The number of benzene rings is 2. The van der Waals surface area contributed by atoms with Gasteiger partial charge < -0.3 is 24.7 Å². The van der Waals surface area contributed by atoms with Crippen LogP contribution in [0, 0.1) is 0 Å². The van der Waals surface area contributed by atoms with Crippen molar-refractivity contribution in [3.05, 3.63) is 53.6 Å². The summed E-state index contributed by atoms with van der Waals surface area (Å²) < 4.78 is 10.2. The number of hydrogen-bond donors (Lipinski definition) is 1. The monoisotopic (exact) mass is 300 g/mol. The lowest BCUT2D eigenvalue weighted by molar-refractivity contribution is -0.254. The lowest BCUT2D eigenvalue weighted by Crippen LogP contribution is -2.25. The van der Waals surface area contributed by atoms with Gasteiger partial charge in [0.1, 0.15) is 0 Å². The van der Waals surface area contributed by atoms with Crippen molar-refractivity contribution in [2.24, 2.45) is 0 Å². The molecule has 22 heavy (non-hydrogen) atoms. The Balaban J connectivity index is 2.41. The van der Waals surface area contributed by atoms with E-state index >= 15 is 0 Å². The molecule has 6 nitrogen and oxygen atoms in total.